The van der Waals surface area contributed by atoms with Crippen molar-refractivity contribution in [2.45, 2.75) is 38.8 Å². The molecule has 110 valence electrons. The molecule has 1 aromatic rings. The van der Waals surface area contributed by atoms with E-state index in [1.54, 1.807) is 7.11 Å². The van der Waals surface area contributed by atoms with Gasteiger partial charge in [0.05, 0.1) is 19.2 Å². The van der Waals surface area contributed by atoms with Crippen LogP contribution in [0.15, 0.2) is 18.2 Å². The average molecular weight is 276 g/mol. The number of carbonyl (C=O) groups is 1. The summed E-state index contributed by atoms with van der Waals surface area (Å²) >= 11 is 0. The van der Waals surface area contributed by atoms with Crippen LogP contribution in [0.3, 0.4) is 0 Å². The zero-order chi connectivity index (χ0) is 14.7. The summed E-state index contributed by atoms with van der Waals surface area (Å²) in [5, 5.41) is 3.10. The highest BCUT2D eigenvalue weighted by Gasteiger charge is 2.30. The minimum atomic E-state index is -0.0859. The Morgan fingerprint density at radius 2 is 2.30 bits per heavy atom. The number of amides is 1. The molecule has 20 heavy (non-hydrogen) atoms. The first kappa shape index (κ1) is 14.9. The molecule has 0 radical (unpaired) electrons. The van der Waals surface area contributed by atoms with Gasteiger partial charge in [0.2, 0.25) is 5.91 Å². The van der Waals surface area contributed by atoms with Crippen molar-refractivity contribution in [3.63, 3.8) is 0 Å². The maximum Gasteiger partial charge on any atom is 0.240 e. The number of hydrogen-bond acceptors (Lipinski definition) is 3. The van der Waals surface area contributed by atoms with Crippen LogP contribution < -0.4 is 10.1 Å². The number of ether oxygens (including phenoxy) is 1. The SMILES string of the molecule is CCC(NC)C(=O)N1CCc2cc(OC)ccc2C1C. The predicted molar refractivity (Wildman–Crippen MR) is 80.0 cm³/mol. The third-order valence-electron chi connectivity index (χ3n) is 4.23. The highest BCUT2D eigenvalue weighted by molar-refractivity contribution is 5.82. The lowest BCUT2D eigenvalue weighted by molar-refractivity contribution is -0.136. The molecule has 0 spiro atoms. The lowest BCUT2D eigenvalue weighted by Crippen LogP contribution is -2.48. The fourth-order valence-electron chi connectivity index (χ4n) is 2.94. The first-order chi connectivity index (χ1) is 9.62. The maximum absolute atomic E-state index is 12.5. The van der Waals surface area contributed by atoms with Crippen molar-refractivity contribution in [2.24, 2.45) is 0 Å². The van der Waals surface area contributed by atoms with Crippen molar-refractivity contribution in [2.75, 3.05) is 20.7 Å². The van der Waals surface area contributed by atoms with Crippen molar-refractivity contribution in [3.8, 4) is 5.75 Å². The van der Waals surface area contributed by atoms with Gasteiger partial charge in [-0.15, -0.1) is 0 Å². The molecule has 0 fully saturated rings. The lowest BCUT2D eigenvalue weighted by Gasteiger charge is -2.37. The van der Waals surface area contributed by atoms with E-state index in [1.165, 1.54) is 11.1 Å². The minimum absolute atomic E-state index is 0.0859. The topological polar surface area (TPSA) is 41.6 Å². The Bertz CT molecular complexity index is 483. The van der Waals surface area contributed by atoms with E-state index in [0.29, 0.717) is 0 Å². The van der Waals surface area contributed by atoms with E-state index < -0.39 is 0 Å². The Hall–Kier alpha value is -1.55. The highest BCUT2D eigenvalue weighted by Crippen LogP contribution is 2.32. The van der Waals surface area contributed by atoms with E-state index in [4.69, 9.17) is 4.74 Å². The monoisotopic (exact) mass is 276 g/mol. The van der Waals surface area contributed by atoms with Gasteiger partial charge in [0.15, 0.2) is 0 Å². The van der Waals surface area contributed by atoms with Gasteiger partial charge in [-0.3, -0.25) is 4.79 Å². The maximum atomic E-state index is 12.5. The van der Waals surface area contributed by atoms with E-state index in [-0.39, 0.29) is 18.0 Å². The summed E-state index contributed by atoms with van der Waals surface area (Å²) in [6.45, 7) is 4.91. The molecular weight excluding hydrogens is 252 g/mol. The van der Waals surface area contributed by atoms with Crippen molar-refractivity contribution in [1.29, 1.82) is 0 Å². The van der Waals surface area contributed by atoms with Crippen LogP contribution >= 0.6 is 0 Å². The molecule has 1 amide bonds. The molecule has 0 saturated carbocycles. The van der Waals surface area contributed by atoms with Gasteiger partial charge in [0, 0.05) is 6.54 Å². The second-order valence-corrected chi connectivity index (χ2v) is 5.27. The minimum Gasteiger partial charge on any atom is -0.497 e. The number of hydrogen-bond donors (Lipinski definition) is 1. The molecule has 1 N–H and O–H groups in total. The first-order valence-electron chi connectivity index (χ1n) is 7.26. The summed E-state index contributed by atoms with van der Waals surface area (Å²) in [4.78, 5) is 14.5. The largest absolute Gasteiger partial charge is 0.497 e. The molecule has 4 nitrogen and oxygen atoms in total. The highest BCUT2D eigenvalue weighted by atomic mass is 16.5. The molecule has 2 atom stereocenters. The molecule has 1 aliphatic heterocycles. The number of nitrogens with one attached hydrogen (secondary N) is 1. The normalized spacial score (nSPS) is 19.4. The van der Waals surface area contributed by atoms with E-state index in [1.807, 2.05) is 24.9 Å². The van der Waals surface area contributed by atoms with Gasteiger partial charge in [-0.05, 0) is 50.1 Å². The Kier molecular flexibility index (Phi) is 4.65. The van der Waals surface area contributed by atoms with Gasteiger partial charge in [0.25, 0.3) is 0 Å². The number of rotatable bonds is 4. The number of carbonyl (C=O) groups excluding carboxylic acids is 1. The Labute approximate surface area is 121 Å². The van der Waals surface area contributed by atoms with Gasteiger partial charge < -0.3 is 15.0 Å². The fraction of sp³-hybridized carbons (Fsp3) is 0.562. The summed E-state index contributed by atoms with van der Waals surface area (Å²) in [5.41, 5.74) is 2.52. The van der Waals surface area contributed by atoms with E-state index in [0.717, 1.165) is 25.1 Å². The second-order valence-electron chi connectivity index (χ2n) is 5.27. The van der Waals surface area contributed by atoms with Crippen LogP contribution in [0.4, 0.5) is 0 Å². The average Bonchev–Trinajstić information content (AvgIpc) is 2.48. The van der Waals surface area contributed by atoms with Crippen LogP contribution in [-0.4, -0.2) is 37.6 Å². The summed E-state index contributed by atoms with van der Waals surface area (Å²) in [5.74, 6) is 1.08. The van der Waals surface area contributed by atoms with Crippen LogP contribution in [0.1, 0.15) is 37.4 Å². The molecule has 2 rings (SSSR count). The molecule has 1 aromatic carbocycles. The van der Waals surface area contributed by atoms with Crippen molar-refractivity contribution >= 4 is 5.91 Å². The first-order valence-corrected chi connectivity index (χ1v) is 7.26. The van der Waals surface area contributed by atoms with Gasteiger partial charge in [-0.25, -0.2) is 0 Å². The molecular formula is C16H24N2O2. The van der Waals surface area contributed by atoms with Crippen LogP contribution in [0.5, 0.6) is 5.75 Å². The van der Waals surface area contributed by atoms with Crippen molar-refractivity contribution < 1.29 is 9.53 Å². The second kappa shape index (κ2) is 6.27. The van der Waals surface area contributed by atoms with E-state index >= 15 is 0 Å². The number of fused-ring (bicyclic) bond motifs is 1. The summed E-state index contributed by atoms with van der Waals surface area (Å²) in [7, 11) is 3.53. The lowest BCUT2D eigenvalue weighted by atomic mass is 9.92. The summed E-state index contributed by atoms with van der Waals surface area (Å²) in [6, 6.07) is 6.18. The van der Waals surface area contributed by atoms with Gasteiger partial charge in [-0.1, -0.05) is 13.0 Å². The third-order valence-corrected chi connectivity index (χ3v) is 4.23. The number of benzene rings is 1. The molecule has 1 heterocycles. The smallest absolute Gasteiger partial charge is 0.240 e. The van der Waals surface area contributed by atoms with Crippen molar-refractivity contribution in [3.05, 3.63) is 29.3 Å². The molecule has 0 saturated heterocycles. The summed E-state index contributed by atoms with van der Waals surface area (Å²) in [6.07, 6.45) is 1.71. The molecule has 4 heteroatoms. The number of nitrogens with zero attached hydrogens (tertiary/aromatic N) is 1. The zero-order valence-corrected chi connectivity index (χ0v) is 12.8. The zero-order valence-electron chi connectivity index (χ0n) is 12.8. The van der Waals surface area contributed by atoms with Gasteiger partial charge in [-0.2, -0.15) is 0 Å². The molecule has 0 aliphatic carbocycles. The van der Waals surface area contributed by atoms with E-state index in [2.05, 4.69) is 24.4 Å². The molecule has 1 aliphatic rings. The predicted octanol–water partition coefficient (Wildman–Crippen LogP) is 2.14. The number of methoxy groups -OCH3 is 1. The number of likely N-dealkylation sites (N-methyl/N-ethyl adjacent to an activating group) is 1. The summed E-state index contributed by atoms with van der Waals surface area (Å²) < 4.78 is 5.27. The van der Waals surface area contributed by atoms with E-state index in [9.17, 15) is 4.79 Å². The van der Waals surface area contributed by atoms with Crippen LogP contribution in [-0.2, 0) is 11.2 Å². The van der Waals surface area contributed by atoms with Crippen molar-refractivity contribution in [1.82, 2.24) is 10.2 Å². The Balaban J connectivity index is 2.23. The van der Waals surface area contributed by atoms with Crippen LogP contribution in [0, 0.1) is 0 Å². The van der Waals surface area contributed by atoms with Gasteiger partial charge >= 0.3 is 0 Å². The molecule has 2 unspecified atom stereocenters. The standard InChI is InChI=1S/C16H24N2O2/c1-5-15(17-3)16(19)18-9-8-12-10-13(20-4)6-7-14(12)11(18)2/h6-7,10-11,15,17H,5,8-9H2,1-4H3. The Morgan fingerprint density at radius 1 is 1.55 bits per heavy atom. The molecule has 0 bridgehead atoms. The Morgan fingerprint density at radius 3 is 2.90 bits per heavy atom. The fourth-order valence-corrected chi connectivity index (χ4v) is 2.94. The van der Waals surface area contributed by atoms with Gasteiger partial charge in [0.1, 0.15) is 5.75 Å². The molecule has 0 aromatic heterocycles. The quantitative estimate of drug-likeness (QED) is 0.916. The third kappa shape index (κ3) is 2.66. The van der Waals surface area contributed by atoms with Crippen LogP contribution in [0.25, 0.3) is 0 Å². The van der Waals surface area contributed by atoms with Crippen LogP contribution in [0.2, 0.25) is 0 Å².